The average Bonchev–Trinajstić information content (AvgIpc) is 2.42. The molecule has 0 amide bonds. The molecule has 0 aromatic carbocycles. The zero-order chi connectivity index (χ0) is 10.6. The van der Waals surface area contributed by atoms with Gasteiger partial charge in [-0.25, -0.2) is 8.42 Å². The summed E-state index contributed by atoms with van der Waals surface area (Å²) in [6.07, 6.45) is 4.30. The second-order valence-corrected chi connectivity index (χ2v) is 5.64. The van der Waals surface area contributed by atoms with Crippen LogP contribution < -0.4 is 5.32 Å². The SMILES string of the molecule is CC=CNC(C)=NC1CCS(=O)(=O)C1. The molecule has 0 spiro atoms. The number of aliphatic imine (C=N–C) groups is 1. The van der Waals surface area contributed by atoms with E-state index in [9.17, 15) is 8.42 Å². The third-order valence-electron chi connectivity index (χ3n) is 2.04. The van der Waals surface area contributed by atoms with Crippen molar-refractivity contribution in [3.63, 3.8) is 0 Å². The van der Waals surface area contributed by atoms with Gasteiger partial charge in [-0.3, -0.25) is 4.99 Å². The number of amidine groups is 1. The van der Waals surface area contributed by atoms with Gasteiger partial charge in [-0.05, 0) is 26.5 Å². The van der Waals surface area contributed by atoms with Gasteiger partial charge in [0.15, 0.2) is 9.84 Å². The molecule has 0 bridgehead atoms. The lowest BCUT2D eigenvalue weighted by Gasteiger charge is -2.03. The molecule has 1 saturated heterocycles. The van der Waals surface area contributed by atoms with Gasteiger partial charge in [0.05, 0.1) is 23.4 Å². The van der Waals surface area contributed by atoms with Crippen molar-refractivity contribution in [1.29, 1.82) is 0 Å². The van der Waals surface area contributed by atoms with Crippen molar-refractivity contribution in [1.82, 2.24) is 5.32 Å². The van der Waals surface area contributed by atoms with Crippen molar-refractivity contribution >= 4 is 15.7 Å². The van der Waals surface area contributed by atoms with Crippen LogP contribution in [0.25, 0.3) is 0 Å². The minimum atomic E-state index is -2.81. The monoisotopic (exact) mass is 216 g/mol. The van der Waals surface area contributed by atoms with Gasteiger partial charge in [0.2, 0.25) is 0 Å². The highest BCUT2D eigenvalue weighted by atomic mass is 32.2. The Morgan fingerprint density at radius 1 is 1.57 bits per heavy atom. The number of nitrogens with zero attached hydrogens (tertiary/aromatic N) is 1. The quantitative estimate of drug-likeness (QED) is 0.546. The predicted octanol–water partition coefficient (Wildman–Crippen LogP) is 0.715. The van der Waals surface area contributed by atoms with Crippen molar-refractivity contribution in [3.05, 3.63) is 12.3 Å². The Labute approximate surface area is 85.0 Å². The van der Waals surface area contributed by atoms with Crippen LogP contribution in [0.4, 0.5) is 0 Å². The van der Waals surface area contributed by atoms with E-state index in [4.69, 9.17) is 0 Å². The van der Waals surface area contributed by atoms with Gasteiger partial charge in [-0.15, -0.1) is 0 Å². The van der Waals surface area contributed by atoms with Crippen LogP contribution in [0, 0.1) is 0 Å². The summed E-state index contributed by atoms with van der Waals surface area (Å²) in [5, 5.41) is 2.96. The van der Waals surface area contributed by atoms with Gasteiger partial charge in [0.25, 0.3) is 0 Å². The largest absolute Gasteiger partial charge is 0.351 e. The van der Waals surface area contributed by atoms with Crippen molar-refractivity contribution in [2.75, 3.05) is 11.5 Å². The Morgan fingerprint density at radius 3 is 2.79 bits per heavy atom. The van der Waals surface area contributed by atoms with E-state index in [1.54, 1.807) is 6.20 Å². The van der Waals surface area contributed by atoms with Crippen LogP contribution in [-0.4, -0.2) is 31.8 Å². The number of nitrogens with one attached hydrogen (secondary N) is 1. The average molecular weight is 216 g/mol. The zero-order valence-corrected chi connectivity index (χ0v) is 9.34. The first-order valence-corrected chi connectivity index (χ1v) is 6.48. The van der Waals surface area contributed by atoms with Crippen LogP contribution in [0.15, 0.2) is 17.3 Å². The van der Waals surface area contributed by atoms with E-state index in [2.05, 4.69) is 10.3 Å². The van der Waals surface area contributed by atoms with Crippen molar-refractivity contribution in [2.45, 2.75) is 26.3 Å². The molecule has 1 unspecified atom stereocenters. The van der Waals surface area contributed by atoms with Crippen LogP contribution in [0.1, 0.15) is 20.3 Å². The fourth-order valence-corrected chi connectivity index (χ4v) is 3.02. The molecule has 0 aromatic rings. The standard InChI is InChI=1S/C9H16N2O2S/c1-3-5-10-8(2)11-9-4-6-14(12,13)7-9/h3,5,9H,4,6-7H2,1-2H3,(H,10,11). The van der Waals surface area contributed by atoms with E-state index in [-0.39, 0.29) is 17.5 Å². The molecule has 1 aliphatic rings. The maximum absolute atomic E-state index is 11.1. The molecule has 1 aliphatic heterocycles. The first kappa shape index (κ1) is 11.2. The summed E-state index contributed by atoms with van der Waals surface area (Å²) in [4.78, 5) is 4.28. The number of allylic oxidation sites excluding steroid dienone is 1. The number of rotatable bonds is 2. The maximum Gasteiger partial charge on any atom is 0.152 e. The van der Waals surface area contributed by atoms with E-state index >= 15 is 0 Å². The topological polar surface area (TPSA) is 58.5 Å². The lowest BCUT2D eigenvalue weighted by atomic mass is 10.3. The minimum Gasteiger partial charge on any atom is -0.351 e. The molecule has 0 aromatic heterocycles. The van der Waals surface area contributed by atoms with Gasteiger partial charge >= 0.3 is 0 Å². The first-order valence-electron chi connectivity index (χ1n) is 4.66. The normalized spacial score (nSPS) is 27.0. The van der Waals surface area contributed by atoms with Crippen LogP contribution in [0.3, 0.4) is 0 Å². The summed E-state index contributed by atoms with van der Waals surface area (Å²) in [5.74, 6) is 1.24. The second-order valence-electron chi connectivity index (χ2n) is 3.42. The molecular formula is C9H16N2O2S. The molecule has 1 heterocycles. The molecule has 0 radical (unpaired) electrons. The van der Waals surface area contributed by atoms with Crippen LogP contribution in [0.5, 0.6) is 0 Å². The molecule has 1 fully saturated rings. The fourth-order valence-electron chi connectivity index (χ4n) is 1.39. The third-order valence-corrected chi connectivity index (χ3v) is 3.79. The Kier molecular flexibility index (Phi) is 3.69. The molecule has 4 nitrogen and oxygen atoms in total. The zero-order valence-electron chi connectivity index (χ0n) is 8.53. The molecule has 0 saturated carbocycles. The van der Waals surface area contributed by atoms with Crippen LogP contribution in [0.2, 0.25) is 0 Å². The van der Waals surface area contributed by atoms with Crippen molar-refractivity contribution in [2.24, 2.45) is 4.99 Å². The fraction of sp³-hybridized carbons (Fsp3) is 0.667. The van der Waals surface area contributed by atoms with Gasteiger partial charge in [-0.1, -0.05) is 6.08 Å². The Morgan fingerprint density at radius 2 is 2.29 bits per heavy atom. The third kappa shape index (κ3) is 3.49. The van der Waals surface area contributed by atoms with E-state index in [0.717, 1.165) is 5.84 Å². The van der Waals surface area contributed by atoms with Gasteiger partial charge in [-0.2, -0.15) is 0 Å². The number of hydrogen-bond donors (Lipinski definition) is 1. The summed E-state index contributed by atoms with van der Waals surface area (Å²) in [6.45, 7) is 3.74. The van der Waals surface area contributed by atoms with Crippen molar-refractivity contribution < 1.29 is 8.42 Å². The molecule has 80 valence electrons. The van der Waals surface area contributed by atoms with Gasteiger partial charge in [0, 0.05) is 0 Å². The first-order chi connectivity index (χ1) is 6.53. The lowest BCUT2D eigenvalue weighted by molar-refractivity contribution is 0.601. The smallest absolute Gasteiger partial charge is 0.152 e. The highest BCUT2D eigenvalue weighted by Gasteiger charge is 2.27. The van der Waals surface area contributed by atoms with Crippen LogP contribution in [-0.2, 0) is 9.84 Å². The maximum atomic E-state index is 11.1. The molecule has 0 aliphatic carbocycles. The Balaban J connectivity index is 2.53. The number of hydrogen-bond acceptors (Lipinski definition) is 3. The van der Waals surface area contributed by atoms with E-state index in [1.165, 1.54) is 0 Å². The summed E-state index contributed by atoms with van der Waals surface area (Å²) in [5.41, 5.74) is 0. The Bertz CT molecular complexity index is 344. The minimum absolute atomic E-state index is 0.0576. The predicted molar refractivity (Wildman–Crippen MR) is 58.1 cm³/mol. The molecule has 5 heteroatoms. The lowest BCUT2D eigenvalue weighted by Crippen LogP contribution is -2.17. The molecule has 1 N–H and O–H groups in total. The van der Waals surface area contributed by atoms with Gasteiger partial charge in [0.1, 0.15) is 0 Å². The van der Waals surface area contributed by atoms with Crippen LogP contribution >= 0.6 is 0 Å². The van der Waals surface area contributed by atoms with Gasteiger partial charge < -0.3 is 5.32 Å². The second kappa shape index (κ2) is 4.59. The van der Waals surface area contributed by atoms with Crippen molar-refractivity contribution in [3.8, 4) is 0 Å². The molecule has 14 heavy (non-hydrogen) atoms. The highest BCUT2D eigenvalue weighted by Crippen LogP contribution is 2.14. The summed E-state index contributed by atoms with van der Waals surface area (Å²) in [6, 6.07) is -0.0576. The summed E-state index contributed by atoms with van der Waals surface area (Å²) < 4.78 is 22.3. The van der Waals surface area contributed by atoms with E-state index < -0.39 is 9.84 Å². The molecular weight excluding hydrogens is 200 g/mol. The molecule has 1 rings (SSSR count). The highest BCUT2D eigenvalue weighted by molar-refractivity contribution is 7.91. The molecule has 1 atom stereocenters. The summed E-state index contributed by atoms with van der Waals surface area (Å²) in [7, 11) is -2.81. The Hall–Kier alpha value is -0.840. The number of sulfone groups is 1. The van der Waals surface area contributed by atoms with E-state index in [1.807, 2.05) is 19.9 Å². The van der Waals surface area contributed by atoms with E-state index in [0.29, 0.717) is 6.42 Å². The summed E-state index contributed by atoms with van der Waals surface area (Å²) >= 11 is 0.